The lowest BCUT2D eigenvalue weighted by molar-refractivity contribution is 0.0376. The molecule has 0 heterocycles. The summed E-state index contributed by atoms with van der Waals surface area (Å²) in [5.74, 6) is 0. The zero-order valence-corrected chi connectivity index (χ0v) is 8.96. The Hall–Kier alpha value is -0.590. The maximum atomic E-state index is 8.72. The van der Waals surface area contributed by atoms with Crippen LogP contribution in [0.15, 0.2) is 0 Å². The summed E-state index contributed by atoms with van der Waals surface area (Å²) in [6.07, 6.45) is 7.97. The van der Waals surface area contributed by atoms with E-state index in [4.69, 9.17) is 10.00 Å². The monoisotopic (exact) mass is 196 g/mol. The van der Waals surface area contributed by atoms with E-state index in [9.17, 15) is 0 Å². The van der Waals surface area contributed by atoms with E-state index < -0.39 is 0 Å². The molecule has 0 aromatic carbocycles. The molecule has 3 heteroatoms. The summed E-state index contributed by atoms with van der Waals surface area (Å²) in [7, 11) is 1.80. The molecule has 0 aromatic rings. The first-order chi connectivity index (χ1) is 6.86. The molecule has 0 radical (unpaired) electrons. The van der Waals surface area contributed by atoms with Gasteiger partial charge in [0.15, 0.2) is 0 Å². The smallest absolute Gasteiger partial charge is 0.119 e. The molecule has 1 aliphatic carbocycles. The van der Waals surface area contributed by atoms with Gasteiger partial charge in [-0.05, 0) is 19.9 Å². The minimum absolute atomic E-state index is 0.154. The quantitative estimate of drug-likeness (QED) is 0.698. The molecule has 1 N–H and O–H groups in total. The second-order valence-electron chi connectivity index (χ2n) is 3.92. The first-order valence-electron chi connectivity index (χ1n) is 5.55. The lowest BCUT2D eigenvalue weighted by atomic mass is 10.1. The number of rotatable bonds is 4. The van der Waals surface area contributed by atoms with E-state index in [0.29, 0.717) is 12.7 Å². The first-order valence-corrected chi connectivity index (χ1v) is 5.55. The molecule has 1 saturated carbocycles. The minimum atomic E-state index is -0.154. The summed E-state index contributed by atoms with van der Waals surface area (Å²) in [5, 5.41) is 11.6. The summed E-state index contributed by atoms with van der Waals surface area (Å²) < 4.78 is 5.72. The fraction of sp³-hybridized carbons (Fsp3) is 0.909. The van der Waals surface area contributed by atoms with Gasteiger partial charge in [0.05, 0.1) is 18.8 Å². The van der Waals surface area contributed by atoms with Crippen molar-refractivity contribution in [2.45, 2.75) is 50.7 Å². The highest BCUT2D eigenvalue weighted by Gasteiger charge is 2.14. The second kappa shape index (κ2) is 6.80. The minimum Gasteiger partial charge on any atom is -0.375 e. The molecule has 14 heavy (non-hydrogen) atoms. The zero-order chi connectivity index (χ0) is 10.2. The van der Waals surface area contributed by atoms with Crippen molar-refractivity contribution >= 4 is 0 Å². The Morgan fingerprint density at radius 2 is 2.00 bits per heavy atom. The summed E-state index contributed by atoms with van der Waals surface area (Å²) in [6.45, 7) is 0.525. The highest BCUT2D eigenvalue weighted by atomic mass is 16.5. The number of likely N-dealkylation sites (N-methyl/N-ethyl adjacent to an activating group) is 1. The average Bonchev–Trinajstić information content (AvgIpc) is 2.48. The normalized spacial score (nSPS) is 21.1. The third kappa shape index (κ3) is 4.08. The Morgan fingerprint density at radius 3 is 2.50 bits per heavy atom. The zero-order valence-electron chi connectivity index (χ0n) is 8.96. The predicted octanol–water partition coefficient (Wildman–Crippen LogP) is 1.84. The van der Waals surface area contributed by atoms with E-state index in [2.05, 4.69) is 11.4 Å². The van der Waals surface area contributed by atoms with Crippen molar-refractivity contribution in [1.29, 1.82) is 5.26 Å². The van der Waals surface area contributed by atoms with Crippen LogP contribution < -0.4 is 5.32 Å². The van der Waals surface area contributed by atoms with Gasteiger partial charge in [0.1, 0.15) is 6.04 Å². The van der Waals surface area contributed by atoms with Crippen molar-refractivity contribution < 1.29 is 4.74 Å². The molecule has 0 spiro atoms. The van der Waals surface area contributed by atoms with Crippen LogP contribution >= 0.6 is 0 Å². The van der Waals surface area contributed by atoms with Crippen molar-refractivity contribution in [2.24, 2.45) is 0 Å². The van der Waals surface area contributed by atoms with Crippen LogP contribution in [-0.4, -0.2) is 25.8 Å². The summed E-state index contributed by atoms with van der Waals surface area (Å²) in [6, 6.07) is 2.02. The number of hydrogen-bond donors (Lipinski definition) is 1. The van der Waals surface area contributed by atoms with E-state index >= 15 is 0 Å². The van der Waals surface area contributed by atoms with Gasteiger partial charge in [-0.1, -0.05) is 25.7 Å². The van der Waals surface area contributed by atoms with Crippen molar-refractivity contribution in [1.82, 2.24) is 5.32 Å². The van der Waals surface area contributed by atoms with Gasteiger partial charge >= 0.3 is 0 Å². The van der Waals surface area contributed by atoms with Crippen LogP contribution in [0, 0.1) is 11.3 Å². The van der Waals surface area contributed by atoms with E-state index in [1.54, 1.807) is 7.05 Å². The summed E-state index contributed by atoms with van der Waals surface area (Å²) in [5.41, 5.74) is 0. The molecular formula is C11H20N2O. The number of nitriles is 1. The van der Waals surface area contributed by atoms with E-state index in [-0.39, 0.29) is 6.04 Å². The topological polar surface area (TPSA) is 45.0 Å². The van der Waals surface area contributed by atoms with Crippen LogP contribution in [0.1, 0.15) is 38.5 Å². The fourth-order valence-corrected chi connectivity index (χ4v) is 1.83. The number of ether oxygens (including phenoxy) is 1. The van der Waals surface area contributed by atoms with E-state index in [1.165, 1.54) is 38.5 Å². The molecule has 1 rings (SSSR count). The molecule has 1 aliphatic rings. The Labute approximate surface area is 86.4 Å². The maximum Gasteiger partial charge on any atom is 0.119 e. The highest BCUT2D eigenvalue weighted by molar-refractivity contribution is 4.88. The SMILES string of the molecule is CNC(C#N)COC1CCCCCC1. The molecule has 0 amide bonds. The van der Waals surface area contributed by atoms with Crippen LogP contribution in [0.25, 0.3) is 0 Å². The van der Waals surface area contributed by atoms with Crippen molar-refractivity contribution in [3.8, 4) is 6.07 Å². The molecule has 3 nitrogen and oxygen atoms in total. The fourth-order valence-electron chi connectivity index (χ4n) is 1.83. The second-order valence-corrected chi connectivity index (χ2v) is 3.92. The third-order valence-corrected chi connectivity index (χ3v) is 2.81. The Bertz CT molecular complexity index is 180. The molecule has 0 aliphatic heterocycles. The van der Waals surface area contributed by atoms with Gasteiger partial charge in [-0.2, -0.15) is 5.26 Å². The van der Waals surface area contributed by atoms with Gasteiger partial charge in [0, 0.05) is 0 Å². The molecule has 1 fully saturated rings. The molecule has 1 atom stereocenters. The molecule has 1 unspecified atom stereocenters. The molecular weight excluding hydrogens is 176 g/mol. The van der Waals surface area contributed by atoms with Crippen LogP contribution in [0.5, 0.6) is 0 Å². The van der Waals surface area contributed by atoms with E-state index in [0.717, 1.165) is 0 Å². The summed E-state index contributed by atoms with van der Waals surface area (Å²) >= 11 is 0. The van der Waals surface area contributed by atoms with Gasteiger partial charge in [-0.25, -0.2) is 0 Å². The van der Waals surface area contributed by atoms with Crippen LogP contribution in [0.3, 0.4) is 0 Å². The highest BCUT2D eigenvalue weighted by Crippen LogP contribution is 2.19. The van der Waals surface area contributed by atoms with Gasteiger partial charge < -0.3 is 10.1 Å². The van der Waals surface area contributed by atoms with Gasteiger partial charge in [-0.15, -0.1) is 0 Å². The first kappa shape index (κ1) is 11.5. The maximum absolute atomic E-state index is 8.72. The Morgan fingerprint density at radius 1 is 1.36 bits per heavy atom. The van der Waals surface area contributed by atoms with Crippen molar-refractivity contribution in [3.63, 3.8) is 0 Å². The molecule has 0 bridgehead atoms. The summed E-state index contributed by atoms with van der Waals surface area (Å²) in [4.78, 5) is 0. The number of nitrogens with zero attached hydrogens (tertiary/aromatic N) is 1. The Balaban J connectivity index is 2.19. The van der Waals surface area contributed by atoms with Gasteiger partial charge in [-0.3, -0.25) is 0 Å². The Kier molecular flexibility index (Phi) is 5.58. The lowest BCUT2D eigenvalue weighted by Crippen LogP contribution is -2.30. The van der Waals surface area contributed by atoms with Gasteiger partial charge in [0.25, 0.3) is 0 Å². The van der Waals surface area contributed by atoms with Crippen LogP contribution in [0.4, 0.5) is 0 Å². The van der Waals surface area contributed by atoms with Crippen LogP contribution in [0.2, 0.25) is 0 Å². The molecule has 0 aromatic heterocycles. The van der Waals surface area contributed by atoms with Crippen LogP contribution in [-0.2, 0) is 4.74 Å². The number of hydrogen-bond acceptors (Lipinski definition) is 3. The van der Waals surface area contributed by atoms with Gasteiger partial charge in [0.2, 0.25) is 0 Å². The largest absolute Gasteiger partial charge is 0.375 e. The third-order valence-electron chi connectivity index (χ3n) is 2.81. The molecule has 80 valence electrons. The van der Waals surface area contributed by atoms with E-state index in [1.807, 2.05) is 0 Å². The molecule has 0 saturated heterocycles. The van der Waals surface area contributed by atoms with Crippen molar-refractivity contribution in [2.75, 3.05) is 13.7 Å². The number of nitrogens with one attached hydrogen (secondary N) is 1. The predicted molar refractivity (Wildman–Crippen MR) is 55.9 cm³/mol. The average molecular weight is 196 g/mol. The lowest BCUT2D eigenvalue weighted by Gasteiger charge is -2.17. The standard InChI is InChI=1S/C11H20N2O/c1-13-10(8-12)9-14-11-6-4-2-3-5-7-11/h10-11,13H,2-7,9H2,1H3. The van der Waals surface area contributed by atoms with Crippen molar-refractivity contribution in [3.05, 3.63) is 0 Å².